The van der Waals surface area contributed by atoms with Crippen molar-refractivity contribution in [2.45, 2.75) is 24.7 Å². The molecule has 2 aromatic rings. The van der Waals surface area contributed by atoms with E-state index in [0.29, 0.717) is 17.1 Å². The van der Waals surface area contributed by atoms with E-state index in [2.05, 4.69) is 45.5 Å². The summed E-state index contributed by atoms with van der Waals surface area (Å²) in [7, 11) is 0. The Kier molecular flexibility index (Phi) is 4.55. The molecule has 2 nitrogen and oxygen atoms in total. The van der Waals surface area contributed by atoms with Crippen molar-refractivity contribution in [3.05, 3.63) is 69.2 Å². The van der Waals surface area contributed by atoms with Gasteiger partial charge < -0.3 is 5.32 Å². The lowest BCUT2D eigenvalue weighted by atomic mass is 9.64. The number of carbonyl (C=O) groups is 1. The topological polar surface area (TPSA) is 29.1 Å². The van der Waals surface area contributed by atoms with Gasteiger partial charge in [-0.2, -0.15) is 0 Å². The lowest BCUT2D eigenvalue weighted by Gasteiger charge is -2.42. The second kappa shape index (κ2) is 6.43. The van der Waals surface area contributed by atoms with Crippen LogP contribution in [0.2, 0.25) is 5.02 Å². The molecule has 3 rings (SSSR count). The molecule has 0 aromatic heterocycles. The predicted molar refractivity (Wildman–Crippen MR) is 93.5 cm³/mol. The first kappa shape index (κ1) is 15.6. The van der Waals surface area contributed by atoms with Crippen LogP contribution in [0.5, 0.6) is 0 Å². The van der Waals surface area contributed by atoms with Gasteiger partial charge in [0.1, 0.15) is 0 Å². The molecule has 1 aliphatic carbocycles. The molecule has 0 spiro atoms. The van der Waals surface area contributed by atoms with E-state index in [1.807, 2.05) is 12.1 Å². The predicted octanol–water partition coefficient (Wildman–Crippen LogP) is 4.95. The maximum atomic E-state index is 12.4. The van der Waals surface area contributed by atoms with E-state index >= 15 is 0 Å². The van der Waals surface area contributed by atoms with Gasteiger partial charge in [0.25, 0.3) is 5.91 Å². The average Bonchev–Trinajstić information content (AvgIpc) is 2.49. The van der Waals surface area contributed by atoms with Crippen molar-refractivity contribution in [1.29, 1.82) is 0 Å². The van der Waals surface area contributed by atoms with Gasteiger partial charge in [-0.25, -0.2) is 0 Å². The number of halogens is 2. The SMILES string of the molecule is O=C(NCC1(c2ccccc2)CCC1)c1cc(Br)ccc1Cl. The van der Waals surface area contributed by atoms with Crippen LogP contribution in [0.1, 0.15) is 35.2 Å². The van der Waals surface area contributed by atoms with Crippen LogP contribution in [0, 0.1) is 0 Å². The molecule has 0 atom stereocenters. The molecule has 0 saturated heterocycles. The van der Waals surface area contributed by atoms with E-state index in [9.17, 15) is 4.79 Å². The minimum Gasteiger partial charge on any atom is -0.351 e. The monoisotopic (exact) mass is 377 g/mol. The van der Waals surface area contributed by atoms with Crippen molar-refractivity contribution < 1.29 is 4.79 Å². The summed E-state index contributed by atoms with van der Waals surface area (Å²) in [5.74, 6) is -0.117. The van der Waals surface area contributed by atoms with Gasteiger partial charge in [-0.1, -0.05) is 64.3 Å². The van der Waals surface area contributed by atoms with E-state index in [1.165, 1.54) is 12.0 Å². The Bertz CT molecular complexity index is 683. The Labute approximate surface area is 144 Å². The molecule has 1 fully saturated rings. The van der Waals surface area contributed by atoms with E-state index in [1.54, 1.807) is 12.1 Å². The second-order valence-electron chi connectivity index (χ2n) is 5.81. The number of nitrogens with one attached hydrogen (secondary N) is 1. The van der Waals surface area contributed by atoms with Gasteiger partial charge in [-0.05, 0) is 36.6 Å². The smallest absolute Gasteiger partial charge is 0.252 e. The fraction of sp³-hybridized carbons (Fsp3) is 0.278. The first-order valence-electron chi connectivity index (χ1n) is 7.40. The van der Waals surface area contributed by atoms with Gasteiger partial charge in [0.15, 0.2) is 0 Å². The molecule has 4 heteroatoms. The number of benzene rings is 2. The highest BCUT2D eigenvalue weighted by atomic mass is 79.9. The zero-order chi connectivity index (χ0) is 15.6. The largest absolute Gasteiger partial charge is 0.351 e. The van der Waals surface area contributed by atoms with E-state index in [-0.39, 0.29) is 11.3 Å². The Morgan fingerprint density at radius 2 is 1.91 bits per heavy atom. The Balaban J connectivity index is 1.74. The van der Waals surface area contributed by atoms with E-state index < -0.39 is 0 Å². The number of amides is 1. The van der Waals surface area contributed by atoms with Crippen molar-refractivity contribution in [1.82, 2.24) is 5.32 Å². The van der Waals surface area contributed by atoms with Gasteiger partial charge in [0, 0.05) is 16.4 Å². The van der Waals surface area contributed by atoms with Crippen molar-refractivity contribution in [3.8, 4) is 0 Å². The highest BCUT2D eigenvalue weighted by Gasteiger charge is 2.38. The first-order chi connectivity index (χ1) is 10.6. The molecule has 0 unspecified atom stereocenters. The second-order valence-corrected chi connectivity index (χ2v) is 7.13. The number of rotatable bonds is 4. The summed E-state index contributed by atoms with van der Waals surface area (Å²) in [6.07, 6.45) is 3.44. The molecular formula is C18H17BrClNO. The van der Waals surface area contributed by atoms with Gasteiger partial charge >= 0.3 is 0 Å². The summed E-state index contributed by atoms with van der Waals surface area (Å²) in [5, 5.41) is 3.54. The molecule has 1 saturated carbocycles. The number of hydrogen-bond donors (Lipinski definition) is 1. The summed E-state index contributed by atoms with van der Waals surface area (Å²) in [6, 6.07) is 15.8. The van der Waals surface area contributed by atoms with Crippen LogP contribution in [0.25, 0.3) is 0 Å². The molecule has 22 heavy (non-hydrogen) atoms. The molecule has 114 valence electrons. The molecule has 1 aliphatic rings. The Morgan fingerprint density at radius 1 is 1.18 bits per heavy atom. The molecule has 1 amide bonds. The summed E-state index contributed by atoms with van der Waals surface area (Å²) in [6.45, 7) is 0.651. The van der Waals surface area contributed by atoms with Crippen LogP contribution in [0.4, 0.5) is 0 Å². The van der Waals surface area contributed by atoms with Crippen molar-refractivity contribution in [3.63, 3.8) is 0 Å². The van der Waals surface area contributed by atoms with E-state index in [0.717, 1.165) is 17.3 Å². The van der Waals surface area contributed by atoms with Crippen molar-refractivity contribution >= 4 is 33.4 Å². The van der Waals surface area contributed by atoms with Crippen LogP contribution >= 0.6 is 27.5 Å². The van der Waals surface area contributed by atoms with Gasteiger partial charge in [-0.15, -0.1) is 0 Å². The third-order valence-electron chi connectivity index (χ3n) is 4.46. The third-order valence-corrected chi connectivity index (χ3v) is 5.28. The minimum atomic E-state index is -0.117. The molecule has 0 bridgehead atoms. The third kappa shape index (κ3) is 3.06. The Hall–Kier alpha value is -1.32. The Morgan fingerprint density at radius 3 is 2.55 bits per heavy atom. The molecular weight excluding hydrogens is 362 g/mol. The fourth-order valence-corrected chi connectivity index (χ4v) is 3.54. The number of hydrogen-bond acceptors (Lipinski definition) is 1. The maximum Gasteiger partial charge on any atom is 0.252 e. The standard InChI is InChI=1S/C18H17BrClNO/c19-14-7-8-16(20)15(11-14)17(22)21-12-18(9-4-10-18)13-5-2-1-3-6-13/h1-3,5-8,11H,4,9-10,12H2,(H,21,22). The van der Waals surface area contributed by atoms with Crippen molar-refractivity contribution in [2.24, 2.45) is 0 Å². The summed E-state index contributed by atoms with van der Waals surface area (Å²) in [5.41, 5.74) is 1.90. The first-order valence-corrected chi connectivity index (χ1v) is 8.57. The minimum absolute atomic E-state index is 0.0788. The highest BCUT2D eigenvalue weighted by Crippen LogP contribution is 2.43. The zero-order valence-electron chi connectivity index (χ0n) is 12.1. The van der Waals surface area contributed by atoms with Crippen LogP contribution < -0.4 is 5.32 Å². The summed E-state index contributed by atoms with van der Waals surface area (Å²) < 4.78 is 0.850. The molecule has 0 radical (unpaired) electrons. The van der Waals surface area contributed by atoms with Crippen molar-refractivity contribution in [2.75, 3.05) is 6.54 Å². The normalized spacial score (nSPS) is 15.9. The lowest BCUT2D eigenvalue weighted by molar-refractivity contribution is 0.0928. The van der Waals surface area contributed by atoms with Crippen LogP contribution in [-0.4, -0.2) is 12.5 Å². The highest BCUT2D eigenvalue weighted by molar-refractivity contribution is 9.10. The van der Waals surface area contributed by atoms with Crippen LogP contribution in [0.3, 0.4) is 0 Å². The van der Waals surface area contributed by atoms with Gasteiger partial charge in [-0.3, -0.25) is 4.79 Å². The summed E-state index contributed by atoms with van der Waals surface area (Å²) >= 11 is 9.50. The summed E-state index contributed by atoms with van der Waals surface area (Å²) in [4.78, 5) is 12.4. The molecule has 0 heterocycles. The van der Waals surface area contributed by atoms with Crippen LogP contribution in [-0.2, 0) is 5.41 Å². The molecule has 0 aliphatic heterocycles. The molecule has 2 aromatic carbocycles. The average molecular weight is 379 g/mol. The van der Waals surface area contributed by atoms with E-state index in [4.69, 9.17) is 11.6 Å². The maximum absolute atomic E-state index is 12.4. The number of carbonyl (C=O) groups excluding carboxylic acids is 1. The fourth-order valence-electron chi connectivity index (χ4n) is 2.98. The lowest BCUT2D eigenvalue weighted by Crippen LogP contribution is -2.45. The van der Waals surface area contributed by atoms with Gasteiger partial charge in [0.05, 0.1) is 10.6 Å². The van der Waals surface area contributed by atoms with Gasteiger partial charge in [0.2, 0.25) is 0 Å². The zero-order valence-corrected chi connectivity index (χ0v) is 14.5. The quantitative estimate of drug-likeness (QED) is 0.801. The van der Waals surface area contributed by atoms with Crippen LogP contribution in [0.15, 0.2) is 53.0 Å². The molecule has 1 N–H and O–H groups in total.